The van der Waals surface area contributed by atoms with E-state index >= 15 is 0 Å². The molecule has 15 heavy (non-hydrogen) atoms. The number of unbranched alkanes of at least 4 members (excludes halogenated alkanes) is 2. The molecule has 0 saturated heterocycles. The molecular weight excluding hydrogens is 188 g/mol. The third-order valence-corrected chi connectivity index (χ3v) is 3.44. The predicted molar refractivity (Wildman–Crippen MR) is 60.7 cm³/mol. The van der Waals surface area contributed by atoms with Crippen molar-refractivity contribution >= 4 is 11.6 Å². The highest BCUT2D eigenvalue weighted by molar-refractivity contribution is 6.03. The Morgan fingerprint density at radius 3 is 2.40 bits per heavy atom. The maximum absolute atomic E-state index is 11.8. The maximum Gasteiger partial charge on any atom is 0.146 e. The van der Waals surface area contributed by atoms with Gasteiger partial charge in [-0.1, -0.05) is 26.2 Å². The van der Waals surface area contributed by atoms with E-state index in [0.29, 0.717) is 6.42 Å². The standard InChI is InChI=1S/C13H22O2/c1-3-4-5-9-12(14)10(2)13(15)11-7-6-8-11/h10-11H,3-9H2,1-2H3. The van der Waals surface area contributed by atoms with Crippen LogP contribution in [0.5, 0.6) is 0 Å². The van der Waals surface area contributed by atoms with Crippen LogP contribution in [0.3, 0.4) is 0 Å². The molecule has 0 aliphatic heterocycles. The van der Waals surface area contributed by atoms with Gasteiger partial charge in [-0.3, -0.25) is 9.59 Å². The van der Waals surface area contributed by atoms with Gasteiger partial charge in [0.1, 0.15) is 11.6 Å². The average Bonchev–Trinajstić information content (AvgIpc) is 2.14. The number of Topliss-reactive ketones (excluding diaryl/α,β-unsaturated/α-hetero) is 2. The van der Waals surface area contributed by atoms with Gasteiger partial charge in [0.15, 0.2) is 0 Å². The first-order valence-corrected chi connectivity index (χ1v) is 6.23. The zero-order chi connectivity index (χ0) is 11.3. The summed E-state index contributed by atoms with van der Waals surface area (Å²) in [5, 5.41) is 0. The van der Waals surface area contributed by atoms with Crippen LogP contribution in [0.1, 0.15) is 58.8 Å². The number of rotatable bonds is 7. The molecule has 0 aromatic carbocycles. The van der Waals surface area contributed by atoms with Gasteiger partial charge in [0.2, 0.25) is 0 Å². The largest absolute Gasteiger partial charge is 0.299 e. The summed E-state index contributed by atoms with van der Waals surface area (Å²) in [5.74, 6) is 0.213. The molecule has 1 unspecified atom stereocenters. The Balaban J connectivity index is 2.27. The first-order valence-electron chi connectivity index (χ1n) is 6.23. The van der Waals surface area contributed by atoms with E-state index in [1.54, 1.807) is 6.92 Å². The molecule has 0 bridgehead atoms. The summed E-state index contributed by atoms with van der Waals surface area (Å²) >= 11 is 0. The minimum atomic E-state index is -0.341. The van der Waals surface area contributed by atoms with E-state index in [0.717, 1.165) is 38.5 Å². The number of hydrogen-bond acceptors (Lipinski definition) is 2. The Bertz CT molecular complexity index is 229. The van der Waals surface area contributed by atoms with Crippen molar-refractivity contribution in [3.8, 4) is 0 Å². The molecule has 0 aromatic heterocycles. The van der Waals surface area contributed by atoms with E-state index < -0.39 is 0 Å². The molecular formula is C13H22O2. The molecule has 0 radical (unpaired) electrons. The van der Waals surface area contributed by atoms with Gasteiger partial charge < -0.3 is 0 Å². The first-order chi connectivity index (χ1) is 7.16. The fourth-order valence-corrected chi connectivity index (χ4v) is 1.97. The topological polar surface area (TPSA) is 34.1 Å². The normalized spacial score (nSPS) is 18.3. The number of carbonyl (C=O) groups is 2. The summed E-state index contributed by atoms with van der Waals surface area (Å²) < 4.78 is 0. The van der Waals surface area contributed by atoms with Crippen LogP contribution in [-0.2, 0) is 9.59 Å². The van der Waals surface area contributed by atoms with Crippen LogP contribution in [0.25, 0.3) is 0 Å². The fourth-order valence-electron chi connectivity index (χ4n) is 1.97. The van der Waals surface area contributed by atoms with Gasteiger partial charge in [0.05, 0.1) is 5.92 Å². The Labute approximate surface area is 92.4 Å². The predicted octanol–water partition coefficient (Wildman–Crippen LogP) is 3.14. The van der Waals surface area contributed by atoms with Crippen molar-refractivity contribution < 1.29 is 9.59 Å². The summed E-state index contributed by atoms with van der Waals surface area (Å²) in [4.78, 5) is 23.5. The molecule has 1 fully saturated rings. The summed E-state index contributed by atoms with van der Waals surface area (Å²) in [6, 6.07) is 0. The number of carbonyl (C=O) groups excluding carboxylic acids is 2. The van der Waals surface area contributed by atoms with Gasteiger partial charge in [-0.05, 0) is 26.2 Å². The van der Waals surface area contributed by atoms with Crippen molar-refractivity contribution in [1.82, 2.24) is 0 Å². The van der Waals surface area contributed by atoms with Crippen molar-refractivity contribution in [3.63, 3.8) is 0 Å². The van der Waals surface area contributed by atoms with Crippen LogP contribution >= 0.6 is 0 Å². The molecule has 1 rings (SSSR count). The van der Waals surface area contributed by atoms with Crippen LogP contribution < -0.4 is 0 Å². The molecule has 2 heteroatoms. The van der Waals surface area contributed by atoms with Crippen molar-refractivity contribution in [2.75, 3.05) is 0 Å². The Morgan fingerprint density at radius 2 is 1.93 bits per heavy atom. The monoisotopic (exact) mass is 210 g/mol. The molecule has 0 spiro atoms. The van der Waals surface area contributed by atoms with Crippen molar-refractivity contribution in [1.29, 1.82) is 0 Å². The van der Waals surface area contributed by atoms with E-state index in [4.69, 9.17) is 0 Å². The van der Waals surface area contributed by atoms with Gasteiger partial charge in [-0.2, -0.15) is 0 Å². The van der Waals surface area contributed by atoms with Crippen molar-refractivity contribution in [3.05, 3.63) is 0 Å². The molecule has 86 valence electrons. The second-order valence-electron chi connectivity index (χ2n) is 4.68. The number of ketones is 2. The quantitative estimate of drug-likeness (QED) is 0.478. The summed E-state index contributed by atoms with van der Waals surface area (Å²) in [6.45, 7) is 3.91. The Kier molecular flexibility index (Phi) is 5.00. The highest BCUT2D eigenvalue weighted by atomic mass is 16.2. The molecule has 0 aromatic rings. The lowest BCUT2D eigenvalue weighted by Crippen LogP contribution is -2.31. The van der Waals surface area contributed by atoms with E-state index in [-0.39, 0.29) is 23.4 Å². The minimum absolute atomic E-state index is 0.153. The van der Waals surface area contributed by atoms with E-state index in [1.807, 2.05) is 0 Å². The minimum Gasteiger partial charge on any atom is -0.299 e. The van der Waals surface area contributed by atoms with Gasteiger partial charge in [-0.25, -0.2) is 0 Å². The second-order valence-corrected chi connectivity index (χ2v) is 4.68. The molecule has 0 amide bonds. The molecule has 1 atom stereocenters. The van der Waals surface area contributed by atoms with Gasteiger partial charge >= 0.3 is 0 Å². The smallest absolute Gasteiger partial charge is 0.146 e. The van der Waals surface area contributed by atoms with E-state index in [9.17, 15) is 9.59 Å². The zero-order valence-electron chi connectivity index (χ0n) is 9.92. The Morgan fingerprint density at radius 1 is 1.27 bits per heavy atom. The summed E-state index contributed by atoms with van der Waals surface area (Å²) in [6.07, 6.45) is 6.92. The average molecular weight is 210 g/mol. The number of hydrogen-bond donors (Lipinski definition) is 0. The van der Waals surface area contributed by atoms with Gasteiger partial charge in [0, 0.05) is 12.3 Å². The van der Waals surface area contributed by atoms with Crippen LogP contribution in [0.15, 0.2) is 0 Å². The van der Waals surface area contributed by atoms with Crippen molar-refractivity contribution in [2.24, 2.45) is 11.8 Å². The van der Waals surface area contributed by atoms with E-state index in [1.165, 1.54) is 0 Å². The highest BCUT2D eigenvalue weighted by Gasteiger charge is 2.31. The van der Waals surface area contributed by atoms with E-state index in [2.05, 4.69) is 6.92 Å². The third kappa shape index (κ3) is 3.44. The SMILES string of the molecule is CCCCCC(=O)C(C)C(=O)C1CCC1. The van der Waals surface area contributed by atoms with Gasteiger partial charge in [-0.15, -0.1) is 0 Å². The van der Waals surface area contributed by atoms with Crippen molar-refractivity contribution in [2.45, 2.75) is 58.8 Å². The lowest BCUT2D eigenvalue weighted by Gasteiger charge is -2.26. The lowest BCUT2D eigenvalue weighted by atomic mass is 9.77. The third-order valence-electron chi connectivity index (χ3n) is 3.44. The lowest BCUT2D eigenvalue weighted by molar-refractivity contribution is -0.136. The molecule has 1 aliphatic carbocycles. The molecule has 1 aliphatic rings. The molecule has 1 saturated carbocycles. The zero-order valence-corrected chi connectivity index (χ0v) is 9.92. The molecule has 2 nitrogen and oxygen atoms in total. The van der Waals surface area contributed by atoms with Crippen LogP contribution in [0.2, 0.25) is 0 Å². The second kappa shape index (κ2) is 6.04. The summed E-state index contributed by atoms with van der Waals surface area (Å²) in [5.41, 5.74) is 0. The molecule has 0 N–H and O–H groups in total. The fraction of sp³-hybridized carbons (Fsp3) is 0.846. The first kappa shape index (κ1) is 12.4. The highest BCUT2D eigenvalue weighted by Crippen LogP contribution is 2.30. The summed E-state index contributed by atoms with van der Waals surface area (Å²) in [7, 11) is 0. The Hall–Kier alpha value is -0.660. The van der Waals surface area contributed by atoms with Crippen LogP contribution in [-0.4, -0.2) is 11.6 Å². The van der Waals surface area contributed by atoms with Crippen LogP contribution in [0, 0.1) is 11.8 Å². The molecule has 0 heterocycles. The van der Waals surface area contributed by atoms with Crippen LogP contribution in [0.4, 0.5) is 0 Å². The van der Waals surface area contributed by atoms with Gasteiger partial charge in [0.25, 0.3) is 0 Å². The maximum atomic E-state index is 11.8.